The van der Waals surface area contributed by atoms with Crippen LogP contribution >= 0.6 is 0 Å². The van der Waals surface area contributed by atoms with Gasteiger partial charge < -0.3 is 0 Å². The summed E-state index contributed by atoms with van der Waals surface area (Å²) in [5.74, 6) is 0.826. The standard InChI is InChI=1S/C13H22/c1-11-6-4-8-13(11)9-5-7-12(2,3)10-13/h4,6,11H,5,7-10H2,1-3H3. The third-order valence-corrected chi connectivity index (χ3v) is 4.27. The minimum Gasteiger partial charge on any atom is -0.0877 e. The summed E-state index contributed by atoms with van der Waals surface area (Å²) in [5, 5.41) is 0. The molecule has 1 fully saturated rings. The Labute approximate surface area is 82.4 Å². The molecular weight excluding hydrogens is 156 g/mol. The smallest absolute Gasteiger partial charge is 0.0198 e. The van der Waals surface area contributed by atoms with E-state index >= 15 is 0 Å². The van der Waals surface area contributed by atoms with Crippen LogP contribution in [0.2, 0.25) is 0 Å². The summed E-state index contributed by atoms with van der Waals surface area (Å²) in [7, 11) is 0. The molecule has 0 heterocycles. The van der Waals surface area contributed by atoms with Gasteiger partial charge in [0.1, 0.15) is 0 Å². The van der Waals surface area contributed by atoms with Gasteiger partial charge in [0.25, 0.3) is 0 Å². The Bertz CT molecular complexity index is 224. The lowest BCUT2D eigenvalue weighted by Crippen LogP contribution is -2.35. The predicted molar refractivity (Wildman–Crippen MR) is 57.6 cm³/mol. The van der Waals surface area contributed by atoms with E-state index in [1.165, 1.54) is 32.1 Å². The van der Waals surface area contributed by atoms with Crippen LogP contribution in [-0.2, 0) is 0 Å². The van der Waals surface area contributed by atoms with Gasteiger partial charge in [-0.05, 0) is 42.4 Å². The van der Waals surface area contributed by atoms with E-state index in [2.05, 4.69) is 32.9 Å². The lowest BCUT2D eigenvalue weighted by molar-refractivity contribution is 0.0617. The van der Waals surface area contributed by atoms with Crippen molar-refractivity contribution in [1.29, 1.82) is 0 Å². The molecule has 13 heavy (non-hydrogen) atoms. The van der Waals surface area contributed by atoms with Gasteiger partial charge in [0.15, 0.2) is 0 Å². The van der Waals surface area contributed by atoms with Crippen molar-refractivity contribution in [2.24, 2.45) is 16.7 Å². The van der Waals surface area contributed by atoms with Crippen LogP contribution < -0.4 is 0 Å². The number of hydrogen-bond donors (Lipinski definition) is 0. The molecule has 0 radical (unpaired) electrons. The highest BCUT2D eigenvalue weighted by Gasteiger charge is 2.43. The van der Waals surface area contributed by atoms with Crippen molar-refractivity contribution in [3.05, 3.63) is 12.2 Å². The highest BCUT2D eigenvalue weighted by Crippen LogP contribution is 2.54. The largest absolute Gasteiger partial charge is 0.0877 e. The summed E-state index contributed by atoms with van der Waals surface area (Å²) < 4.78 is 0. The molecule has 0 aromatic carbocycles. The first-order valence-electron chi connectivity index (χ1n) is 5.71. The summed E-state index contributed by atoms with van der Waals surface area (Å²) in [5.41, 5.74) is 1.25. The van der Waals surface area contributed by atoms with E-state index in [-0.39, 0.29) is 0 Å². The Balaban J connectivity index is 2.15. The fourth-order valence-electron chi connectivity index (χ4n) is 3.51. The normalized spacial score (nSPS) is 42.8. The van der Waals surface area contributed by atoms with E-state index < -0.39 is 0 Å². The molecule has 2 atom stereocenters. The molecule has 0 bridgehead atoms. The molecule has 0 amide bonds. The van der Waals surface area contributed by atoms with Crippen molar-refractivity contribution in [3.8, 4) is 0 Å². The Morgan fingerprint density at radius 2 is 2.00 bits per heavy atom. The third-order valence-electron chi connectivity index (χ3n) is 4.27. The van der Waals surface area contributed by atoms with Crippen LogP contribution in [0, 0.1) is 16.7 Å². The molecule has 2 unspecified atom stereocenters. The van der Waals surface area contributed by atoms with Crippen molar-refractivity contribution in [2.45, 2.75) is 52.9 Å². The van der Waals surface area contributed by atoms with Crippen LogP contribution in [0.4, 0.5) is 0 Å². The van der Waals surface area contributed by atoms with Crippen molar-refractivity contribution in [2.75, 3.05) is 0 Å². The van der Waals surface area contributed by atoms with E-state index in [0.29, 0.717) is 10.8 Å². The van der Waals surface area contributed by atoms with Crippen LogP contribution in [0.25, 0.3) is 0 Å². The quantitative estimate of drug-likeness (QED) is 0.488. The summed E-state index contributed by atoms with van der Waals surface area (Å²) in [6.07, 6.45) is 12.0. The fraction of sp³-hybridized carbons (Fsp3) is 0.846. The molecule has 0 aliphatic heterocycles. The molecule has 0 aromatic heterocycles. The van der Waals surface area contributed by atoms with Gasteiger partial charge >= 0.3 is 0 Å². The second-order valence-electron chi connectivity index (χ2n) is 5.98. The van der Waals surface area contributed by atoms with E-state index in [9.17, 15) is 0 Å². The average molecular weight is 178 g/mol. The van der Waals surface area contributed by atoms with Gasteiger partial charge in [-0.3, -0.25) is 0 Å². The SMILES string of the molecule is CC1C=CCC12CCCC(C)(C)C2. The zero-order chi connectivity index (χ0) is 9.53. The maximum absolute atomic E-state index is 2.44. The highest BCUT2D eigenvalue weighted by molar-refractivity contribution is 5.10. The number of allylic oxidation sites excluding steroid dienone is 2. The van der Waals surface area contributed by atoms with Gasteiger partial charge in [0, 0.05) is 0 Å². The van der Waals surface area contributed by atoms with Gasteiger partial charge in [-0.1, -0.05) is 39.3 Å². The maximum Gasteiger partial charge on any atom is -0.0198 e. The van der Waals surface area contributed by atoms with Crippen molar-refractivity contribution in [3.63, 3.8) is 0 Å². The molecule has 1 saturated carbocycles. The Morgan fingerprint density at radius 3 is 2.54 bits per heavy atom. The minimum atomic E-state index is 0.596. The van der Waals surface area contributed by atoms with Crippen LogP contribution in [-0.4, -0.2) is 0 Å². The second-order valence-corrected chi connectivity index (χ2v) is 5.98. The van der Waals surface area contributed by atoms with E-state index in [0.717, 1.165) is 5.92 Å². The van der Waals surface area contributed by atoms with Gasteiger partial charge in [0.05, 0.1) is 0 Å². The second kappa shape index (κ2) is 2.87. The molecule has 0 heteroatoms. The zero-order valence-corrected chi connectivity index (χ0v) is 9.27. The average Bonchev–Trinajstić information content (AvgIpc) is 2.31. The first kappa shape index (κ1) is 9.30. The van der Waals surface area contributed by atoms with Crippen LogP contribution in [0.5, 0.6) is 0 Å². The van der Waals surface area contributed by atoms with Gasteiger partial charge in [-0.15, -0.1) is 0 Å². The first-order chi connectivity index (χ1) is 6.04. The van der Waals surface area contributed by atoms with Crippen molar-refractivity contribution in [1.82, 2.24) is 0 Å². The summed E-state index contributed by atoms with van der Waals surface area (Å²) >= 11 is 0. The zero-order valence-electron chi connectivity index (χ0n) is 9.27. The Kier molecular flexibility index (Phi) is 2.05. The summed E-state index contributed by atoms with van der Waals surface area (Å²) in [6, 6.07) is 0. The Hall–Kier alpha value is -0.260. The molecule has 2 aliphatic carbocycles. The first-order valence-corrected chi connectivity index (χ1v) is 5.71. The molecule has 1 spiro atoms. The minimum absolute atomic E-state index is 0.596. The van der Waals surface area contributed by atoms with E-state index in [1.807, 2.05) is 0 Å². The van der Waals surface area contributed by atoms with Crippen molar-refractivity contribution < 1.29 is 0 Å². The van der Waals surface area contributed by atoms with Crippen LogP contribution in [0.3, 0.4) is 0 Å². The summed E-state index contributed by atoms with van der Waals surface area (Å²) in [6.45, 7) is 7.29. The Morgan fingerprint density at radius 1 is 1.23 bits per heavy atom. The molecule has 0 aromatic rings. The molecule has 0 nitrogen and oxygen atoms in total. The fourth-order valence-corrected chi connectivity index (χ4v) is 3.51. The lowest BCUT2D eigenvalue weighted by atomic mass is 9.59. The lowest BCUT2D eigenvalue weighted by Gasteiger charge is -2.45. The van der Waals surface area contributed by atoms with Crippen molar-refractivity contribution >= 4 is 0 Å². The number of hydrogen-bond acceptors (Lipinski definition) is 0. The highest BCUT2D eigenvalue weighted by atomic mass is 14.5. The van der Waals surface area contributed by atoms with Gasteiger partial charge in [-0.25, -0.2) is 0 Å². The predicted octanol–water partition coefficient (Wildman–Crippen LogP) is 4.17. The van der Waals surface area contributed by atoms with Gasteiger partial charge in [-0.2, -0.15) is 0 Å². The molecule has 0 N–H and O–H groups in total. The molecule has 0 saturated heterocycles. The van der Waals surface area contributed by atoms with E-state index in [1.54, 1.807) is 0 Å². The number of rotatable bonds is 0. The third kappa shape index (κ3) is 1.56. The molecular formula is C13H22. The van der Waals surface area contributed by atoms with Crippen LogP contribution in [0.1, 0.15) is 52.9 Å². The topological polar surface area (TPSA) is 0 Å². The molecule has 74 valence electrons. The molecule has 2 aliphatic rings. The van der Waals surface area contributed by atoms with Crippen LogP contribution in [0.15, 0.2) is 12.2 Å². The maximum atomic E-state index is 2.44. The molecule has 2 rings (SSSR count). The van der Waals surface area contributed by atoms with Gasteiger partial charge in [0.2, 0.25) is 0 Å². The monoisotopic (exact) mass is 178 g/mol. The van der Waals surface area contributed by atoms with E-state index in [4.69, 9.17) is 0 Å². The summed E-state index contributed by atoms with van der Waals surface area (Å²) in [4.78, 5) is 0.